The zero-order chi connectivity index (χ0) is 16.4. The van der Waals surface area contributed by atoms with Crippen LogP contribution in [0.25, 0.3) is 0 Å². The van der Waals surface area contributed by atoms with E-state index >= 15 is 0 Å². The van der Waals surface area contributed by atoms with Gasteiger partial charge in [0.25, 0.3) is 11.9 Å². The predicted octanol–water partition coefficient (Wildman–Crippen LogP) is 3.71. The SMILES string of the molecule is O=C(c1ccc(Oc2ccccc2)o1)N1CC(c2cccnc2)C1. The summed E-state index contributed by atoms with van der Waals surface area (Å²) in [5.74, 6) is 1.52. The molecule has 1 saturated heterocycles. The van der Waals surface area contributed by atoms with Gasteiger partial charge in [0.15, 0.2) is 5.76 Å². The number of para-hydroxylation sites is 1. The number of pyridine rings is 1. The van der Waals surface area contributed by atoms with E-state index in [2.05, 4.69) is 4.98 Å². The van der Waals surface area contributed by atoms with E-state index in [1.807, 2.05) is 48.7 Å². The molecule has 0 bridgehead atoms. The van der Waals surface area contributed by atoms with Crippen LogP contribution in [0.3, 0.4) is 0 Å². The summed E-state index contributed by atoms with van der Waals surface area (Å²) in [4.78, 5) is 18.3. The molecule has 0 N–H and O–H groups in total. The van der Waals surface area contributed by atoms with Crippen molar-refractivity contribution in [2.45, 2.75) is 5.92 Å². The van der Waals surface area contributed by atoms with Gasteiger partial charge < -0.3 is 14.1 Å². The van der Waals surface area contributed by atoms with Crippen LogP contribution in [0.1, 0.15) is 22.0 Å². The van der Waals surface area contributed by atoms with Crippen molar-refractivity contribution in [1.82, 2.24) is 9.88 Å². The molecule has 1 aliphatic heterocycles. The van der Waals surface area contributed by atoms with Crippen LogP contribution in [0.2, 0.25) is 0 Å². The molecule has 1 fully saturated rings. The van der Waals surface area contributed by atoms with Gasteiger partial charge in [-0.1, -0.05) is 24.3 Å². The van der Waals surface area contributed by atoms with E-state index in [4.69, 9.17) is 9.15 Å². The topological polar surface area (TPSA) is 55.6 Å². The lowest BCUT2D eigenvalue weighted by molar-refractivity contribution is 0.0564. The molecule has 0 atom stereocenters. The number of benzene rings is 1. The highest BCUT2D eigenvalue weighted by Gasteiger charge is 2.33. The van der Waals surface area contributed by atoms with Crippen LogP contribution in [-0.2, 0) is 0 Å². The molecule has 4 rings (SSSR count). The number of carbonyl (C=O) groups excluding carboxylic acids is 1. The second kappa shape index (κ2) is 6.20. The van der Waals surface area contributed by atoms with Gasteiger partial charge in [0, 0.05) is 37.5 Å². The van der Waals surface area contributed by atoms with E-state index in [1.165, 1.54) is 0 Å². The lowest BCUT2D eigenvalue weighted by Crippen LogP contribution is -2.48. The lowest BCUT2D eigenvalue weighted by Gasteiger charge is -2.38. The van der Waals surface area contributed by atoms with Crippen molar-refractivity contribution in [3.8, 4) is 11.7 Å². The van der Waals surface area contributed by atoms with E-state index in [-0.39, 0.29) is 5.91 Å². The van der Waals surface area contributed by atoms with Gasteiger partial charge in [-0.05, 0) is 29.8 Å². The average Bonchev–Trinajstić information content (AvgIpc) is 3.04. The van der Waals surface area contributed by atoms with Crippen molar-refractivity contribution in [2.24, 2.45) is 0 Å². The minimum atomic E-state index is -0.113. The number of ether oxygens (including phenoxy) is 1. The van der Waals surface area contributed by atoms with Gasteiger partial charge in [-0.15, -0.1) is 0 Å². The molecule has 0 saturated carbocycles. The number of amides is 1. The van der Waals surface area contributed by atoms with Gasteiger partial charge in [0.05, 0.1) is 0 Å². The normalized spacial score (nSPS) is 14.2. The zero-order valence-electron chi connectivity index (χ0n) is 13.0. The number of nitrogens with zero attached hydrogens (tertiary/aromatic N) is 2. The summed E-state index contributed by atoms with van der Waals surface area (Å²) >= 11 is 0. The summed E-state index contributed by atoms with van der Waals surface area (Å²) in [6.45, 7) is 1.36. The van der Waals surface area contributed by atoms with Gasteiger partial charge in [0.2, 0.25) is 0 Å². The Hall–Kier alpha value is -3.08. The fourth-order valence-electron chi connectivity index (χ4n) is 2.72. The maximum absolute atomic E-state index is 12.4. The number of hydrogen-bond donors (Lipinski definition) is 0. The molecule has 0 unspecified atom stereocenters. The van der Waals surface area contributed by atoms with Crippen molar-refractivity contribution in [3.05, 3.63) is 78.3 Å². The first kappa shape index (κ1) is 14.5. The summed E-state index contributed by atoms with van der Waals surface area (Å²) < 4.78 is 11.1. The van der Waals surface area contributed by atoms with E-state index in [0.29, 0.717) is 36.5 Å². The first-order chi connectivity index (χ1) is 11.8. The highest BCUT2D eigenvalue weighted by molar-refractivity contribution is 5.92. The Balaban J connectivity index is 1.38. The number of likely N-dealkylation sites (tertiary alicyclic amines) is 1. The number of hydrogen-bond acceptors (Lipinski definition) is 4. The minimum Gasteiger partial charge on any atom is -0.426 e. The van der Waals surface area contributed by atoms with E-state index < -0.39 is 0 Å². The molecular weight excluding hydrogens is 304 g/mol. The van der Waals surface area contributed by atoms with Crippen molar-refractivity contribution >= 4 is 5.91 Å². The van der Waals surface area contributed by atoms with E-state index in [9.17, 15) is 4.79 Å². The molecule has 5 nitrogen and oxygen atoms in total. The highest BCUT2D eigenvalue weighted by Crippen LogP contribution is 2.29. The maximum Gasteiger partial charge on any atom is 0.290 e. The maximum atomic E-state index is 12.4. The van der Waals surface area contributed by atoms with Gasteiger partial charge in [-0.25, -0.2) is 0 Å². The van der Waals surface area contributed by atoms with E-state index in [1.54, 1.807) is 23.2 Å². The monoisotopic (exact) mass is 320 g/mol. The Labute approximate surface area is 139 Å². The molecule has 1 aromatic carbocycles. The van der Waals surface area contributed by atoms with Crippen molar-refractivity contribution in [3.63, 3.8) is 0 Å². The summed E-state index contributed by atoms with van der Waals surface area (Å²) in [5.41, 5.74) is 1.16. The molecule has 0 spiro atoms. The molecule has 1 aliphatic rings. The van der Waals surface area contributed by atoms with Gasteiger partial charge in [-0.3, -0.25) is 9.78 Å². The summed E-state index contributed by atoms with van der Waals surface area (Å²) in [7, 11) is 0. The average molecular weight is 320 g/mol. The standard InChI is InChI=1S/C19H16N2O3/c22-19(21-12-15(13-21)14-5-4-10-20-11-14)17-8-9-18(24-17)23-16-6-2-1-3-7-16/h1-11,15H,12-13H2. The molecule has 120 valence electrons. The fraction of sp³-hybridized carbons (Fsp3) is 0.158. The number of aromatic nitrogens is 1. The smallest absolute Gasteiger partial charge is 0.290 e. The molecule has 0 radical (unpaired) electrons. The Morgan fingerprint density at radius 3 is 2.67 bits per heavy atom. The Bertz CT molecular complexity index is 824. The minimum absolute atomic E-state index is 0.113. The summed E-state index contributed by atoms with van der Waals surface area (Å²) in [6.07, 6.45) is 3.60. The summed E-state index contributed by atoms with van der Waals surface area (Å²) in [6, 6.07) is 16.6. The Kier molecular flexibility index (Phi) is 3.75. The van der Waals surface area contributed by atoms with Gasteiger partial charge in [-0.2, -0.15) is 0 Å². The van der Waals surface area contributed by atoms with Gasteiger partial charge in [0.1, 0.15) is 5.75 Å². The first-order valence-corrected chi connectivity index (χ1v) is 7.81. The molecule has 2 aromatic heterocycles. The molecular formula is C19H16N2O3. The molecule has 1 amide bonds. The quantitative estimate of drug-likeness (QED) is 0.735. The van der Waals surface area contributed by atoms with Crippen molar-refractivity contribution < 1.29 is 13.9 Å². The molecule has 5 heteroatoms. The number of furan rings is 1. The number of carbonyl (C=O) groups is 1. The van der Waals surface area contributed by atoms with Crippen LogP contribution in [0, 0.1) is 0 Å². The Morgan fingerprint density at radius 2 is 1.92 bits per heavy atom. The van der Waals surface area contributed by atoms with Crippen LogP contribution < -0.4 is 4.74 Å². The number of rotatable bonds is 4. The lowest BCUT2D eigenvalue weighted by atomic mass is 9.92. The van der Waals surface area contributed by atoms with Crippen LogP contribution in [0.15, 0.2) is 71.4 Å². The molecule has 3 aromatic rings. The van der Waals surface area contributed by atoms with Crippen LogP contribution >= 0.6 is 0 Å². The highest BCUT2D eigenvalue weighted by atomic mass is 16.6. The molecule has 24 heavy (non-hydrogen) atoms. The third kappa shape index (κ3) is 2.88. The van der Waals surface area contributed by atoms with Gasteiger partial charge >= 0.3 is 0 Å². The fourth-order valence-corrected chi connectivity index (χ4v) is 2.72. The van der Waals surface area contributed by atoms with Crippen molar-refractivity contribution in [1.29, 1.82) is 0 Å². The van der Waals surface area contributed by atoms with Crippen molar-refractivity contribution in [2.75, 3.05) is 13.1 Å². The Morgan fingerprint density at radius 1 is 1.08 bits per heavy atom. The molecule has 3 heterocycles. The third-order valence-electron chi connectivity index (χ3n) is 4.08. The largest absolute Gasteiger partial charge is 0.426 e. The van der Waals surface area contributed by atoms with Crippen LogP contribution in [0.4, 0.5) is 0 Å². The zero-order valence-corrected chi connectivity index (χ0v) is 13.0. The second-order valence-electron chi connectivity index (χ2n) is 5.73. The van der Waals surface area contributed by atoms with Crippen LogP contribution in [-0.4, -0.2) is 28.9 Å². The van der Waals surface area contributed by atoms with Crippen LogP contribution in [0.5, 0.6) is 11.7 Å². The first-order valence-electron chi connectivity index (χ1n) is 7.81. The van der Waals surface area contributed by atoms with E-state index in [0.717, 1.165) is 5.56 Å². The summed E-state index contributed by atoms with van der Waals surface area (Å²) in [5, 5.41) is 0. The third-order valence-corrected chi connectivity index (χ3v) is 4.08. The molecule has 0 aliphatic carbocycles. The predicted molar refractivity (Wildman–Crippen MR) is 88.1 cm³/mol. The second-order valence-corrected chi connectivity index (χ2v) is 5.73.